The quantitative estimate of drug-likeness (QED) is 0.123. The minimum atomic E-state index is -1.31. The highest BCUT2D eigenvalue weighted by molar-refractivity contribution is 7.98. The molecule has 4 unspecified atom stereocenters. The number of thioether (sulfide) groups is 1. The molecule has 0 aliphatic carbocycles. The van der Waals surface area contributed by atoms with E-state index in [4.69, 9.17) is 10.8 Å². The van der Waals surface area contributed by atoms with Crippen molar-refractivity contribution in [1.82, 2.24) is 16.0 Å². The Morgan fingerprint density at radius 1 is 0.917 bits per heavy atom. The maximum atomic E-state index is 13.0. The van der Waals surface area contributed by atoms with Gasteiger partial charge in [-0.3, -0.25) is 19.2 Å². The lowest BCUT2D eigenvalue weighted by Crippen LogP contribution is -2.57. The summed E-state index contributed by atoms with van der Waals surface area (Å²) in [4.78, 5) is 60.8. The van der Waals surface area contributed by atoms with Crippen LogP contribution in [-0.4, -0.2) is 86.9 Å². The number of amides is 3. The van der Waals surface area contributed by atoms with Crippen LogP contribution in [0, 0.1) is 0 Å². The molecule has 36 heavy (non-hydrogen) atoms. The van der Waals surface area contributed by atoms with Gasteiger partial charge in [0.1, 0.15) is 23.9 Å². The molecule has 0 spiro atoms. The molecule has 0 aromatic heterocycles. The van der Waals surface area contributed by atoms with Crippen molar-refractivity contribution >= 4 is 54.1 Å². The highest BCUT2D eigenvalue weighted by Crippen LogP contribution is 2.12. The number of aromatic hydroxyl groups is 1. The molecule has 0 saturated heterocycles. The fourth-order valence-corrected chi connectivity index (χ4v) is 3.65. The summed E-state index contributed by atoms with van der Waals surface area (Å²) in [7, 11) is 0. The van der Waals surface area contributed by atoms with Gasteiger partial charge in [-0.2, -0.15) is 24.4 Å². The minimum absolute atomic E-state index is 0.00450. The zero-order valence-corrected chi connectivity index (χ0v) is 21.4. The number of phenols is 1. The van der Waals surface area contributed by atoms with Gasteiger partial charge in [-0.1, -0.05) is 12.1 Å². The maximum absolute atomic E-state index is 13.0. The SMILES string of the molecule is CSCCC(NC(=O)C(CCC(=O)O)NC(=O)C(N)CS)C(=O)NC(Cc1ccc(O)cc1)C(=O)O. The van der Waals surface area contributed by atoms with Crippen molar-refractivity contribution in [1.29, 1.82) is 0 Å². The Bertz CT molecular complexity index is 916. The van der Waals surface area contributed by atoms with Crippen LogP contribution in [0.15, 0.2) is 24.3 Å². The highest BCUT2D eigenvalue weighted by atomic mass is 32.2. The van der Waals surface area contributed by atoms with E-state index in [9.17, 15) is 34.2 Å². The summed E-state index contributed by atoms with van der Waals surface area (Å²) in [6.45, 7) is 0. The molecule has 4 atom stereocenters. The Labute approximate surface area is 218 Å². The first-order valence-corrected chi connectivity index (χ1v) is 13.0. The van der Waals surface area contributed by atoms with Gasteiger partial charge in [0, 0.05) is 18.6 Å². The fourth-order valence-electron chi connectivity index (χ4n) is 3.02. The molecule has 0 radical (unpaired) electrons. The number of carboxylic acid groups (broad SMARTS) is 2. The number of rotatable bonds is 16. The smallest absolute Gasteiger partial charge is 0.326 e. The van der Waals surface area contributed by atoms with E-state index in [-0.39, 0.29) is 30.8 Å². The fraction of sp³-hybridized carbons (Fsp3) is 0.500. The monoisotopic (exact) mass is 544 g/mol. The highest BCUT2D eigenvalue weighted by Gasteiger charge is 2.30. The van der Waals surface area contributed by atoms with Gasteiger partial charge < -0.3 is 37.0 Å². The van der Waals surface area contributed by atoms with E-state index in [1.807, 2.05) is 0 Å². The predicted octanol–water partition coefficient (Wildman–Crippen LogP) is -0.651. The third-order valence-electron chi connectivity index (χ3n) is 5.05. The van der Waals surface area contributed by atoms with E-state index in [1.54, 1.807) is 6.26 Å². The van der Waals surface area contributed by atoms with Crippen molar-refractivity contribution in [3.63, 3.8) is 0 Å². The number of phenolic OH excluding ortho intramolecular Hbond substituents is 1. The van der Waals surface area contributed by atoms with E-state index in [2.05, 4.69) is 28.6 Å². The Balaban J connectivity index is 3.00. The summed E-state index contributed by atoms with van der Waals surface area (Å²) in [5, 5.41) is 35.3. The second-order valence-corrected chi connectivity index (χ2v) is 9.25. The second-order valence-electron chi connectivity index (χ2n) is 7.90. The number of nitrogens with one attached hydrogen (secondary N) is 3. The number of thiol groups is 1. The summed E-state index contributed by atoms with van der Waals surface area (Å²) in [6.07, 6.45) is 1.20. The molecule has 200 valence electrons. The lowest BCUT2D eigenvalue weighted by Gasteiger charge is -2.25. The van der Waals surface area contributed by atoms with Crippen LogP contribution in [0.25, 0.3) is 0 Å². The summed E-state index contributed by atoms with van der Waals surface area (Å²) in [6, 6.07) is 1.06. The molecule has 1 aromatic rings. The van der Waals surface area contributed by atoms with E-state index in [0.717, 1.165) is 0 Å². The average Bonchev–Trinajstić information content (AvgIpc) is 2.83. The van der Waals surface area contributed by atoms with Gasteiger partial charge in [-0.15, -0.1) is 0 Å². The Hall–Kier alpha value is -2.97. The molecular formula is C22H32N4O8S2. The van der Waals surface area contributed by atoms with Crippen LogP contribution < -0.4 is 21.7 Å². The molecule has 0 aliphatic heterocycles. The first kappa shape index (κ1) is 31.1. The zero-order chi connectivity index (χ0) is 27.3. The Morgan fingerprint density at radius 2 is 1.44 bits per heavy atom. The lowest BCUT2D eigenvalue weighted by molar-refractivity contribution is -0.142. The largest absolute Gasteiger partial charge is 0.508 e. The molecule has 0 aliphatic rings. The van der Waals surface area contributed by atoms with Crippen LogP contribution >= 0.6 is 24.4 Å². The van der Waals surface area contributed by atoms with Gasteiger partial charge in [-0.25, -0.2) is 4.79 Å². The van der Waals surface area contributed by atoms with Crippen LogP contribution in [0.1, 0.15) is 24.8 Å². The van der Waals surface area contributed by atoms with Crippen LogP contribution in [0.3, 0.4) is 0 Å². The summed E-state index contributed by atoms with van der Waals surface area (Å²) in [5.41, 5.74) is 6.18. The number of carbonyl (C=O) groups is 5. The summed E-state index contributed by atoms with van der Waals surface area (Å²) in [5.74, 6) is -4.29. The molecule has 8 N–H and O–H groups in total. The third kappa shape index (κ3) is 11.2. The van der Waals surface area contributed by atoms with Crippen molar-refractivity contribution < 1.29 is 39.3 Å². The molecule has 12 nitrogen and oxygen atoms in total. The van der Waals surface area contributed by atoms with E-state index in [0.29, 0.717) is 11.3 Å². The van der Waals surface area contributed by atoms with Crippen molar-refractivity contribution in [3.8, 4) is 5.75 Å². The summed E-state index contributed by atoms with van der Waals surface area (Å²) < 4.78 is 0. The first-order valence-electron chi connectivity index (χ1n) is 11.0. The number of carboxylic acids is 2. The topological polar surface area (TPSA) is 208 Å². The van der Waals surface area contributed by atoms with E-state index < -0.39 is 60.2 Å². The van der Waals surface area contributed by atoms with E-state index in [1.165, 1.54) is 36.0 Å². The van der Waals surface area contributed by atoms with Crippen molar-refractivity contribution in [2.75, 3.05) is 17.8 Å². The minimum Gasteiger partial charge on any atom is -0.508 e. The number of benzene rings is 1. The van der Waals surface area contributed by atoms with E-state index >= 15 is 0 Å². The Morgan fingerprint density at radius 3 is 1.94 bits per heavy atom. The van der Waals surface area contributed by atoms with Crippen LogP contribution in [0.2, 0.25) is 0 Å². The molecule has 0 saturated carbocycles. The van der Waals surface area contributed by atoms with Gasteiger partial charge in [-0.05, 0) is 42.5 Å². The molecule has 3 amide bonds. The van der Waals surface area contributed by atoms with Crippen LogP contribution in [0.4, 0.5) is 0 Å². The van der Waals surface area contributed by atoms with Crippen molar-refractivity contribution in [2.45, 2.75) is 49.9 Å². The number of hydrogen-bond acceptors (Lipinski definition) is 9. The molecule has 0 heterocycles. The van der Waals surface area contributed by atoms with Gasteiger partial charge in [0.25, 0.3) is 0 Å². The average molecular weight is 545 g/mol. The number of nitrogens with two attached hydrogens (primary N) is 1. The molecule has 1 rings (SSSR count). The van der Waals surface area contributed by atoms with Crippen molar-refractivity contribution in [2.24, 2.45) is 5.73 Å². The van der Waals surface area contributed by atoms with Crippen LogP contribution in [0.5, 0.6) is 5.75 Å². The molecule has 14 heteroatoms. The summed E-state index contributed by atoms with van der Waals surface area (Å²) >= 11 is 5.33. The molecule has 0 bridgehead atoms. The zero-order valence-electron chi connectivity index (χ0n) is 19.7. The number of carbonyl (C=O) groups excluding carboxylic acids is 3. The van der Waals surface area contributed by atoms with Crippen molar-refractivity contribution in [3.05, 3.63) is 29.8 Å². The number of hydrogen-bond donors (Lipinski definition) is 8. The van der Waals surface area contributed by atoms with Gasteiger partial charge in [0.15, 0.2) is 0 Å². The predicted molar refractivity (Wildman–Crippen MR) is 137 cm³/mol. The lowest BCUT2D eigenvalue weighted by atomic mass is 10.0. The standard InChI is InChI=1S/C22H32N4O8S2/c1-36-9-8-16(21(32)26-17(22(33)34)10-12-2-4-13(27)5-3-12)25-20(31)15(6-7-18(28)29)24-19(30)14(23)11-35/h2-5,14-17,27,35H,6-11,23H2,1H3,(H,24,30)(H,25,31)(H,26,32)(H,28,29)(H,33,34). The first-order chi connectivity index (χ1) is 17.0. The number of aliphatic carboxylic acids is 2. The normalized spacial score (nSPS) is 14.1. The van der Waals surface area contributed by atoms with Gasteiger partial charge in [0.05, 0.1) is 6.04 Å². The van der Waals surface area contributed by atoms with Gasteiger partial charge in [0.2, 0.25) is 17.7 Å². The van der Waals surface area contributed by atoms with Crippen LogP contribution in [-0.2, 0) is 30.4 Å². The molecule has 0 fully saturated rings. The molecular weight excluding hydrogens is 512 g/mol. The second kappa shape index (κ2) is 15.9. The van der Waals surface area contributed by atoms with Gasteiger partial charge >= 0.3 is 11.9 Å². The molecule has 1 aromatic carbocycles. The third-order valence-corrected chi connectivity index (χ3v) is 6.09. The Kier molecular flexibility index (Phi) is 13.7. The maximum Gasteiger partial charge on any atom is 0.326 e.